The van der Waals surface area contributed by atoms with Crippen molar-refractivity contribution in [1.82, 2.24) is 4.98 Å². The van der Waals surface area contributed by atoms with E-state index in [1.807, 2.05) is 18.2 Å². The maximum atomic E-state index is 10.7. The Morgan fingerprint density at radius 2 is 1.74 bits per heavy atom. The fourth-order valence-electron chi connectivity index (χ4n) is 3.35. The number of aryl methyl sites for hydroxylation is 1. The van der Waals surface area contributed by atoms with Crippen LogP contribution in [0.1, 0.15) is 11.3 Å². The van der Waals surface area contributed by atoms with E-state index in [0.717, 1.165) is 16.6 Å². The number of hydrogen-bond donors (Lipinski definition) is 1. The predicted octanol–water partition coefficient (Wildman–Crippen LogP) is 4.21. The summed E-state index contributed by atoms with van der Waals surface area (Å²) >= 11 is 0. The van der Waals surface area contributed by atoms with Crippen molar-refractivity contribution in [1.29, 1.82) is 0 Å². The molecular formula is C24H22F3N3O4S. The smallest absolute Gasteiger partial charge is 0.485 e. The Kier molecular flexibility index (Phi) is 7.32. The standard InChI is InChI=1S/C23H21N3O.CHF3O3S/c1-25(2)19-11-12-21-17(15-19)7-10-18(26(21)3)9-6-16-8-13-22(27)23-20(16)5-4-14-24-23;2-1(3,4)8(5,6)7/h4-15H,1-3H3;(H,5,6,7). The van der Waals surface area contributed by atoms with Crippen LogP contribution in [0.2, 0.25) is 0 Å². The summed E-state index contributed by atoms with van der Waals surface area (Å²) < 4.78 is 61.1. The van der Waals surface area contributed by atoms with Crippen LogP contribution >= 0.6 is 0 Å². The Morgan fingerprint density at radius 1 is 1.06 bits per heavy atom. The lowest BCUT2D eigenvalue weighted by atomic mass is 10.1. The number of aromatic nitrogens is 2. The monoisotopic (exact) mass is 505 g/mol. The summed E-state index contributed by atoms with van der Waals surface area (Å²) in [5.41, 5.74) is -0.524. The van der Waals surface area contributed by atoms with Crippen LogP contribution in [0.15, 0.2) is 60.8 Å². The Morgan fingerprint density at radius 3 is 2.37 bits per heavy atom. The van der Waals surface area contributed by atoms with Gasteiger partial charge in [0.15, 0.2) is 10.1 Å². The van der Waals surface area contributed by atoms with E-state index in [2.05, 4.69) is 78.1 Å². The second kappa shape index (κ2) is 9.88. The van der Waals surface area contributed by atoms with Crippen LogP contribution in [0.3, 0.4) is 0 Å². The van der Waals surface area contributed by atoms with E-state index in [1.54, 1.807) is 12.3 Å². The fraction of sp³-hybridized carbons (Fsp3) is 0.167. The first-order chi connectivity index (χ1) is 16.3. The molecule has 2 heterocycles. The van der Waals surface area contributed by atoms with Gasteiger partial charge in [0.05, 0.1) is 0 Å². The summed E-state index contributed by atoms with van der Waals surface area (Å²) in [6.45, 7) is 0. The third-order valence-electron chi connectivity index (χ3n) is 5.21. The molecule has 0 bridgehead atoms. The van der Waals surface area contributed by atoms with E-state index >= 15 is 0 Å². The molecule has 0 aliphatic heterocycles. The molecule has 0 saturated carbocycles. The van der Waals surface area contributed by atoms with Gasteiger partial charge in [-0.1, -0.05) is 12.1 Å². The average molecular weight is 506 g/mol. The number of alkyl halides is 3. The van der Waals surface area contributed by atoms with Crippen molar-refractivity contribution in [2.75, 3.05) is 19.0 Å². The van der Waals surface area contributed by atoms with Gasteiger partial charge in [0.25, 0.3) is 0 Å². The Balaban J connectivity index is 0.000000371. The molecule has 4 rings (SSSR count). The number of hydrogen-bond acceptors (Lipinski definition) is 6. The number of phenols is 1. The van der Waals surface area contributed by atoms with Crippen molar-refractivity contribution in [3.63, 3.8) is 0 Å². The van der Waals surface area contributed by atoms with E-state index in [4.69, 9.17) is 13.0 Å². The molecule has 0 aliphatic carbocycles. The van der Waals surface area contributed by atoms with Gasteiger partial charge < -0.3 is 14.6 Å². The molecule has 0 unspecified atom stereocenters. The van der Waals surface area contributed by atoms with E-state index in [1.165, 1.54) is 16.6 Å². The molecule has 184 valence electrons. The highest BCUT2D eigenvalue weighted by atomic mass is 32.2. The second-order valence-electron chi connectivity index (χ2n) is 7.76. The van der Waals surface area contributed by atoms with Gasteiger partial charge in [-0.15, -0.1) is 0 Å². The van der Waals surface area contributed by atoms with Crippen LogP contribution in [0.5, 0.6) is 5.75 Å². The third kappa shape index (κ3) is 5.87. The molecular weight excluding hydrogens is 483 g/mol. The van der Waals surface area contributed by atoms with E-state index < -0.39 is 15.6 Å². The summed E-state index contributed by atoms with van der Waals surface area (Å²) in [4.78, 5) is 6.39. The molecule has 11 heteroatoms. The minimum absolute atomic E-state index is 0.204. The van der Waals surface area contributed by atoms with Crippen molar-refractivity contribution < 1.29 is 35.8 Å². The number of phenolic OH excluding ortho intramolecular Hbond substituents is 1. The lowest BCUT2D eigenvalue weighted by molar-refractivity contribution is -0.646. The van der Waals surface area contributed by atoms with Crippen LogP contribution in [0.25, 0.3) is 34.0 Å². The lowest BCUT2D eigenvalue weighted by Gasteiger charge is -2.12. The van der Waals surface area contributed by atoms with Gasteiger partial charge in [-0.25, -0.2) is 8.42 Å². The summed E-state index contributed by atoms with van der Waals surface area (Å²) in [5, 5.41) is 12.2. The maximum absolute atomic E-state index is 10.7. The second-order valence-corrected chi connectivity index (χ2v) is 9.13. The van der Waals surface area contributed by atoms with Gasteiger partial charge in [-0.05, 0) is 42.0 Å². The average Bonchev–Trinajstić information content (AvgIpc) is 2.79. The number of fused-ring (bicyclic) bond motifs is 2. The number of aromatic hydroxyl groups is 1. The molecule has 4 aromatic rings. The van der Waals surface area contributed by atoms with Crippen LogP contribution in [0, 0.1) is 0 Å². The minimum atomic E-state index is -6.09. The van der Waals surface area contributed by atoms with Gasteiger partial charge in [0.1, 0.15) is 18.3 Å². The largest absolute Gasteiger partial charge is 0.741 e. The van der Waals surface area contributed by atoms with Crippen LogP contribution < -0.4 is 9.47 Å². The Labute approximate surface area is 200 Å². The quantitative estimate of drug-likeness (QED) is 0.255. The third-order valence-corrected chi connectivity index (χ3v) is 5.78. The number of pyridine rings is 2. The number of anilines is 1. The highest BCUT2D eigenvalue weighted by Crippen LogP contribution is 2.27. The number of rotatable bonds is 3. The molecule has 0 saturated heterocycles. The van der Waals surface area contributed by atoms with Gasteiger partial charge in [-0.2, -0.15) is 17.7 Å². The van der Waals surface area contributed by atoms with Crippen molar-refractivity contribution in [2.24, 2.45) is 7.05 Å². The zero-order valence-corrected chi connectivity index (χ0v) is 19.8. The van der Waals surface area contributed by atoms with Gasteiger partial charge in [0, 0.05) is 55.0 Å². The SMILES string of the molecule is CN(C)c1ccc2c(ccc(C=Cc3ccc(O)c4ncccc34)[n+]2C)c1.O=S(=O)([O-])C(F)(F)F. The number of halogens is 3. The van der Waals surface area contributed by atoms with Gasteiger partial charge in [0.2, 0.25) is 11.2 Å². The molecule has 0 fully saturated rings. The maximum Gasteiger partial charge on any atom is 0.485 e. The highest BCUT2D eigenvalue weighted by molar-refractivity contribution is 7.86. The van der Waals surface area contributed by atoms with E-state index in [0.29, 0.717) is 5.52 Å². The van der Waals surface area contributed by atoms with Crippen molar-refractivity contribution >= 4 is 49.8 Å². The van der Waals surface area contributed by atoms with Crippen LogP contribution in [-0.2, 0) is 17.2 Å². The molecule has 1 N–H and O–H groups in total. The zero-order valence-electron chi connectivity index (χ0n) is 19.0. The van der Waals surface area contributed by atoms with Gasteiger partial charge in [-0.3, -0.25) is 4.98 Å². The summed E-state index contributed by atoms with van der Waals surface area (Å²) in [7, 11) is 0.0883. The minimum Gasteiger partial charge on any atom is -0.741 e. The fourth-order valence-corrected chi connectivity index (χ4v) is 3.35. The molecule has 0 aliphatic rings. The normalized spacial score (nSPS) is 12.1. The summed E-state index contributed by atoms with van der Waals surface area (Å²) in [6.07, 6.45) is 5.86. The number of nitrogens with zero attached hydrogens (tertiary/aromatic N) is 3. The Hall–Kier alpha value is -3.70. The molecule has 2 aromatic heterocycles. The molecule has 7 nitrogen and oxygen atoms in total. The molecule has 0 atom stereocenters. The molecule has 0 amide bonds. The Bertz CT molecular complexity index is 1520. The first kappa shape index (κ1) is 25.9. The van der Waals surface area contributed by atoms with Gasteiger partial charge >= 0.3 is 5.51 Å². The van der Waals surface area contributed by atoms with Crippen molar-refractivity contribution in [3.8, 4) is 5.75 Å². The predicted molar refractivity (Wildman–Crippen MR) is 128 cm³/mol. The first-order valence-corrected chi connectivity index (χ1v) is 11.6. The lowest BCUT2D eigenvalue weighted by Crippen LogP contribution is -2.32. The molecule has 2 aromatic carbocycles. The topological polar surface area (TPSA) is 97.4 Å². The molecule has 0 radical (unpaired) electrons. The zero-order chi connectivity index (χ0) is 26.0. The van der Waals surface area contributed by atoms with Crippen molar-refractivity contribution in [3.05, 3.63) is 72.1 Å². The van der Waals surface area contributed by atoms with E-state index in [-0.39, 0.29) is 5.75 Å². The summed E-state index contributed by atoms with van der Waals surface area (Å²) in [6, 6.07) is 18.2. The van der Waals surface area contributed by atoms with Crippen LogP contribution in [0.4, 0.5) is 18.9 Å². The highest BCUT2D eigenvalue weighted by Gasteiger charge is 2.36. The number of benzene rings is 2. The van der Waals surface area contributed by atoms with E-state index in [9.17, 15) is 18.3 Å². The van der Waals surface area contributed by atoms with Crippen molar-refractivity contribution in [2.45, 2.75) is 5.51 Å². The van der Waals surface area contributed by atoms with Crippen LogP contribution in [-0.4, -0.2) is 42.7 Å². The first-order valence-electron chi connectivity index (χ1n) is 10.2. The molecule has 0 spiro atoms. The molecule has 35 heavy (non-hydrogen) atoms. The summed E-state index contributed by atoms with van der Waals surface area (Å²) in [5.74, 6) is 0.204.